The Bertz CT molecular complexity index is 600. The Labute approximate surface area is 138 Å². The molecule has 23 heavy (non-hydrogen) atoms. The second-order valence-corrected chi connectivity index (χ2v) is 7.52. The van der Waals surface area contributed by atoms with Crippen molar-refractivity contribution in [2.24, 2.45) is 5.92 Å². The van der Waals surface area contributed by atoms with Gasteiger partial charge in [0.05, 0.1) is 12.2 Å². The van der Waals surface area contributed by atoms with E-state index in [2.05, 4.69) is 14.9 Å². The lowest BCUT2D eigenvalue weighted by atomic mass is 9.96. The van der Waals surface area contributed by atoms with Crippen LogP contribution >= 0.6 is 0 Å². The second-order valence-electron chi connectivity index (χ2n) is 7.52. The number of hydrogen-bond donors (Lipinski definition) is 0. The standard InChI is InChI=1S/C18H28N4O/c23-18-11-16-5-1-2-6-17(16)19-22(18)14-15-12-21(13-15)10-9-20-7-3-4-8-20/h11,15H,1-10,12-14H2. The molecule has 4 rings (SSSR count). The van der Waals surface area contributed by atoms with E-state index in [0.29, 0.717) is 5.92 Å². The maximum absolute atomic E-state index is 12.2. The van der Waals surface area contributed by atoms with Gasteiger partial charge in [-0.3, -0.25) is 4.79 Å². The predicted molar refractivity (Wildman–Crippen MR) is 90.7 cm³/mol. The Morgan fingerprint density at radius 3 is 2.57 bits per heavy atom. The highest BCUT2D eigenvalue weighted by Gasteiger charge is 2.28. The first-order valence-electron chi connectivity index (χ1n) is 9.32. The molecule has 1 aliphatic carbocycles. The van der Waals surface area contributed by atoms with Crippen molar-refractivity contribution >= 4 is 0 Å². The van der Waals surface area contributed by atoms with Gasteiger partial charge in [-0.05, 0) is 57.2 Å². The van der Waals surface area contributed by atoms with Crippen LogP contribution in [0.5, 0.6) is 0 Å². The van der Waals surface area contributed by atoms with Gasteiger partial charge in [0, 0.05) is 38.2 Å². The van der Waals surface area contributed by atoms with Crippen LogP contribution in [-0.4, -0.2) is 58.8 Å². The van der Waals surface area contributed by atoms with Gasteiger partial charge in [0.15, 0.2) is 0 Å². The lowest BCUT2D eigenvalue weighted by molar-refractivity contribution is 0.0744. The van der Waals surface area contributed by atoms with Crippen molar-refractivity contribution in [1.82, 2.24) is 19.6 Å². The van der Waals surface area contributed by atoms with E-state index < -0.39 is 0 Å². The van der Waals surface area contributed by atoms with E-state index in [9.17, 15) is 4.79 Å². The van der Waals surface area contributed by atoms with E-state index in [4.69, 9.17) is 0 Å². The molecule has 0 N–H and O–H groups in total. The minimum atomic E-state index is 0.0983. The first-order valence-corrected chi connectivity index (χ1v) is 9.32. The number of hydrogen-bond acceptors (Lipinski definition) is 4. The first-order chi connectivity index (χ1) is 11.3. The number of rotatable bonds is 5. The topological polar surface area (TPSA) is 41.4 Å². The van der Waals surface area contributed by atoms with Gasteiger partial charge in [-0.1, -0.05) is 0 Å². The average molecular weight is 316 g/mol. The highest BCUT2D eigenvalue weighted by Crippen LogP contribution is 2.19. The second kappa shape index (κ2) is 6.73. The lowest BCUT2D eigenvalue weighted by Crippen LogP contribution is -2.51. The Morgan fingerprint density at radius 2 is 1.74 bits per heavy atom. The number of aryl methyl sites for hydroxylation is 2. The molecule has 5 heteroatoms. The van der Waals surface area contributed by atoms with Crippen molar-refractivity contribution in [2.75, 3.05) is 39.3 Å². The van der Waals surface area contributed by atoms with Crippen molar-refractivity contribution in [1.29, 1.82) is 0 Å². The smallest absolute Gasteiger partial charge is 0.267 e. The van der Waals surface area contributed by atoms with Crippen molar-refractivity contribution in [3.8, 4) is 0 Å². The fraction of sp³-hybridized carbons (Fsp3) is 0.778. The van der Waals surface area contributed by atoms with Crippen LogP contribution in [0.4, 0.5) is 0 Å². The molecule has 0 bridgehead atoms. The highest BCUT2D eigenvalue weighted by atomic mass is 16.1. The summed E-state index contributed by atoms with van der Waals surface area (Å²) in [4.78, 5) is 17.3. The molecule has 2 aliphatic heterocycles. The van der Waals surface area contributed by atoms with Crippen LogP contribution in [0.25, 0.3) is 0 Å². The van der Waals surface area contributed by atoms with Gasteiger partial charge in [-0.2, -0.15) is 5.10 Å². The van der Waals surface area contributed by atoms with Gasteiger partial charge in [-0.25, -0.2) is 4.68 Å². The minimum absolute atomic E-state index is 0.0983. The van der Waals surface area contributed by atoms with Crippen molar-refractivity contribution < 1.29 is 0 Å². The molecule has 0 radical (unpaired) electrons. The fourth-order valence-electron chi connectivity index (χ4n) is 4.24. The molecule has 0 unspecified atom stereocenters. The molecule has 1 aromatic rings. The van der Waals surface area contributed by atoms with Crippen LogP contribution in [-0.2, 0) is 19.4 Å². The summed E-state index contributed by atoms with van der Waals surface area (Å²) in [5.41, 5.74) is 2.46. The molecule has 0 saturated carbocycles. The maximum atomic E-state index is 12.2. The summed E-state index contributed by atoms with van der Waals surface area (Å²) in [5, 5.41) is 4.65. The van der Waals surface area contributed by atoms with Crippen LogP contribution in [0.15, 0.2) is 10.9 Å². The van der Waals surface area contributed by atoms with Crippen LogP contribution in [0.2, 0.25) is 0 Å². The van der Waals surface area contributed by atoms with Gasteiger partial charge in [0.1, 0.15) is 0 Å². The Balaban J connectivity index is 1.27. The Kier molecular flexibility index (Phi) is 4.49. The fourth-order valence-corrected chi connectivity index (χ4v) is 4.24. The zero-order valence-electron chi connectivity index (χ0n) is 14.0. The van der Waals surface area contributed by atoms with E-state index in [-0.39, 0.29) is 5.56 Å². The molecule has 5 nitrogen and oxygen atoms in total. The van der Waals surface area contributed by atoms with Gasteiger partial charge >= 0.3 is 0 Å². The molecule has 126 valence electrons. The van der Waals surface area contributed by atoms with Gasteiger partial charge in [0.2, 0.25) is 0 Å². The van der Waals surface area contributed by atoms with Gasteiger partial charge < -0.3 is 9.80 Å². The molecule has 0 spiro atoms. The third-order valence-electron chi connectivity index (χ3n) is 5.67. The third-order valence-corrected chi connectivity index (χ3v) is 5.67. The van der Waals surface area contributed by atoms with E-state index in [1.165, 1.54) is 63.1 Å². The predicted octanol–water partition coefficient (Wildman–Crippen LogP) is 1.15. The Hall–Kier alpha value is -1.20. The quantitative estimate of drug-likeness (QED) is 0.817. The first kappa shape index (κ1) is 15.3. The Morgan fingerprint density at radius 1 is 1.00 bits per heavy atom. The maximum Gasteiger partial charge on any atom is 0.267 e. The summed E-state index contributed by atoms with van der Waals surface area (Å²) in [6, 6.07) is 1.84. The SMILES string of the molecule is O=c1cc2c(nn1CC1CN(CCN3CCCC3)C1)CCCC2. The molecule has 0 amide bonds. The van der Waals surface area contributed by atoms with E-state index in [1.54, 1.807) is 4.68 Å². The minimum Gasteiger partial charge on any atom is -0.302 e. The molecule has 3 heterocycles. The molecule has 0 aromatic carbocycles. The lowest BCUT2D eigenvalue weighted by Gasteiger charge is -2.40. The largest absolute Gasteiger partial charge is 0.302 e. The van der Waals surface area contributed by atoms with Crippen LogP contribution < -0.4 is 5.56 Å². The van der Waals surface area contributed by atoms with Crippen LogP contribution in [0, 0.1) is 5.92 Å². The molecule has 3 aliphatic rings. The third kappa shape index (κ3) is 3.50. The molecule has 2 fully saturated rings. The van der Waals surface area contributed by atoms with Crippen molar-refractivity contribution in [2.45, 2.75) is 45.1 Å². The zero-order valence-corrected chi connectivity index (χ0v) is 14.0. The monoisotopic (exact) mass is 316 g/mol. The normalized spacial score (nSPS) is 23.0. The highest BCUT2D eigenvalue weighted by molar-refractivity contribution is 5.20. The molecular formula is C18H28N4O. The zero-order chi connectivity index (χ0) is 15.6. The van der Waals surface area contributed by atoms with Gasteiger partial charge in [-0.15, -0.1) is 0 Å². The molecule has 1 aromatic heterocycles. The van der Waals surface area contributed by atoms with Crippen LogP contribution in [0.3, 0.4) is 0 Å². The molecule has 0 atom stereocenters. The molecular weight excluding hydrogens is 288 g/mol. The average Bonchev–Trinajstić information content (AvgIpc) is 3.03. The summed E-state index contributed by atoms with van der Waals surface area (Å²) < 4.78 is 1.73. The van der Waals surface area contributed by atoms with Crippen LogP contribution in [0.1, 0.15) is 36.9 Å². The summed E-state index contributed by atoms with van der Waals surface area (Å²) in [5.74, 6) is 0.598. The van der Waals surface area contributed by atoms with Crippen molar-refractivity contribution in [3.05, 3.63) is 27.7 Å². The summed E-state index contributed by atoms with van der Waals surface area (Å²) in [7, 11) is 0. The van der Waals surface area contributed by atoms with E-state index in [1.807, 2.05) is 6.07 Å². The number of fused-ring (bicyclic) bond motifs is 1. The number of aromatic nitrogens is 2. The van der Waals surface area contributed by atoms with Crippen molar-refractivity contribution in [3.63, 3.8) is 0 Å². The summed E-state index contributed by atoms with van der Waals surface area (Å²) in [6.45, 7) is 8.01. The number of likely N-dealkylation sites (tertiary alicyclic amines) is 2. The molecule has 2 saturated heterocycles. The van der Waals surface area contributed by atoms with E-state index in [0.717, 1.165) is 32.5 Å². The number of nitrogens with zero attached hydrogens (tertiary/aromatic N) is 4. The van der Waals surface area contributed by atoms with Gasteiger partial charge in [0.25, 0.3) is 5.56 Å². The summed E-state index contributed by atoms with van der Waals surface area (Å²) >= 11 is 0. The summed E-state index contributed by atoms with van der Waals surface area (Å²) in [6.07, 6.45) is 7.23. The van der Waals surface area contributed by atoms with E-state index >= 15 is 0 Å².